The lowest BCUT2D eigenvalue weighted by atomic mass is 10.1. The van der Waals surface area contributed by atoms with Crippen molar-refractivity contribution in [2.75, 3.05) is 0 Å². The number of hydrogen-bond donors (Lipinski definition) is 0. The Labute approximate surface area is 128 Å². The summed E-state index contributed by atoms with van der Waals surface area (Å²) in [6, 6.07) is 8.14. The molecule has 2 aromatic carbocycles. The first-order valence-corrected chi connectivity index (χ1v) is 7.39. The molecule has 0 aliphatic heterocycles. The maximum atomic E-state index is 10.8. The van der Waals surface area contributed by atoms with Crippen LogP contribution >= 0.6 is 67.8 Å². The van der Waals surface area contributed by atoms with Crippen LogP contribution in [0.1, 0.15) is 10.4 Å². The van der Waals surface area contributed by atoms with E-state index in [1.165, 1.54) is 17.9 Å². The fourth-order valence-corrected chi connectivity index (χ4v) is 5.03. The standard InChI is InChI=1S/C11H5I3O/c12-8-3-6-1-2-7(5-15)11(14)10(6)9(13)4-8/h1-5H. The minimum Gasteiger partial charge on any atom is -0.298 e. The highest BCUT2D eigenvalue weighted by atomic mass is 127. The van der Waals surface area contributed by atoms with Crippen molar-refractivity contribution in [1.29, 1.82) is 0 Å². The van der Waals surface area contributed by atoms with Crippen molar-refractivity contribution in [3.05, 3.63) is 40.5 Å². The van der Waals surface area contributed by atoms with Gasteiger partial charge in [0.15, 0.2) is 6.29 Å². The van der Waals surface area contributed by atoms with Gasteiger partial charge in [-0.1, -0.05) is 6.07 Å². The summed E-state index contributed by atoms with van der Waals surface area (Å²) in [5.41, 5.74) is 0.766. The molecule has 0 N–H and O–H groups in total. The van der Waals surface area contributed by atoms with Crippen LogP contribution in [0.3, 0.4) is 0 Å². The van der Waals surface area contributed by atoms with Gasteiger partial charge >= 0.3 is 0 Å². The molecule has 0 radical (unpaired) electrons. The zero-order valence-corrected chi connectivity index (χ0v) is 13.9. The number of halogens is 3. The minimum atomic E-state index is 0.766. The molecule has 0 aliphatic carbocycles. The van der Waals surface area contributed by atoms with Crippen LogP contribution in [-0.2, 0) is 0 Å². The third-order valence-electron chi connectivity index (χ3n) is 2.13. The lowest BCUT2D eigenvalue weighted by Crippen LogP contribution is -1.90. The molecule has 0 aromatic heterocycles. The molecule has 0 saturated heterocycles. The molecule has 0 unspecified atom stereocenters. The summed E-state index contributed by atoms with van der Waals surface area (Å²) in [5, 5.41) is 2.38. The van der Waals surface area contributed by atoms with E-state index in [1.54, 1.807) is 0 Å². The Balaban J connectivity index is 2.92. The molecule has 0 saturated carbocycles. The SMILES string of the molecule is O=Cc1ccc2cc(I)cc(I)c2c1I. The van der Waals surface area contributed by atoms with Crippen LogP contribution in [-0.4, -0.2) is 6.29 Å². The van der Waals surface area contributed by atoms with Crippen molar-refractivity contribution in [3.8, 4) is 0 Å². The van der Waals surface area contributed by atoms with Gasteiger partial charge < -0.3 is 0 Å². The molecular weight excluding hydrogens is 529 g/mol. The first-order valence-electron chi connectivity index (χ1n) is 4.16. The summed E-state index contributed by atoms with van der Waals surface area (Å²) in [7, 11) is 0. The van der Waals surface area contributed by atoms with E-state index in [0.29, 0.717) is 0 Å². The Kier molecular flexibility index (Phi) is 3.87. The maximum Gasteiger partial charge on any atom is 0.151 e. The Morgan fingerprint density at radius 2 is 1.80 bits per heavy atom. The average molecular weight is 534 g/mol. The Morgan fingerprint density at radius 1 is 1.07 bits per heavy atom. The topological polar surface area (TPSA) is 17.1 Å². The van der Waals surface area contributed by atoms with Crippen molar-refractivity contribution in [3.63, 3.8) is 0 Å². The van der Waals surface area contributed by atoms with Gasteiger partial charge in [0, 0.05) is 21.7 Å². The van der Waals surface area contributed by atoms with E-state index < -0.39 is 0 Å². The second-order valence-electron chi connectivity index (χ2n) is 3.07. The predicted octanol–water partition coefficient (Wildman–Crippen LogP) is 4.47. The molecule has 0 fully saturated rings. The molecule has 0 amide bonds. The number of carbonyl (C=O) groups excluding carboxylic acids is 1. The summed E-state index contributed by atoms with van der Waals surface area (Å²) in [4.78, 5) is 10.8. The number of carbonyl (C=O) groups is 1. The van der Waals surface area contributed by atoms with Crippen molar-refractivity contribution in [1.82, 2.24) is 0 Å². The van der Waals surface area contributed by atoms with E-state index in [2.05, 4.69) is 79.9 Å². The maximum absolute atomic E-state index is 10.8. The Bertz CT molecular complexity index is 549. The van der Waals surface area contributed by atoms with Gasteiger partial charge in [-0.2, -0.15) is 0 Å². The van der Waals surface area contributed by atoms with Gasteiger partial charge in [0.2, 0.25) is 0 Å². The lowest BCUT2D eigenvalue weighted by Gasteiger charge is -2.06. The van der Waals surface area contributed by atoms with Crippen LogP contribution in [0, 0.1) is 10.7 Å². The van der Waals surface area contributed by atoms with Crippen LogP contribution in [0.15, 0.2) is 24.3 Å². The molecule has 0 heterocycles. The molecule has 0 bridgehead atoms. The molecular formula is C11H5I3O. The second kappa shape index (κ2) is 4.82. The highest BCUT2D eigenvalue weighted by molar-refractivity contribution is 14.1. The normalized spacial score (nSPS) is 10.6. The van der Waals surface area contributed by atoms with Gasteiger partial charge in [-0.15, -0.1) is 0 Å². The monoisotopic (exact) mass is 534 g/mol. The van der Waals surface area contributed by atoms with E-state index >= 15 is 0 Å². The number of fused-ring (bicyclic) bond motifs is 1. The van der Waals surface area contributed by atoms with Crippen LogP contribution in [0.5, 0.6) is 0 Å². The first-order chi connectivity index (χ1) is 7.13. The highest BCUT2D eigenvalue weighted by Gasteiger charge is 2.08. The number of aldehydes is 1. The largest absolute Gasteiger partial charge is 0.298 e. The fourth-order valence-electron chi connectivity index (χ4n) is 1.44. The van der Waals surface area contributed by atoms with Crippen molar-refractivity contribution in [2.24, 2.45) is 0 Å². The Hall–Kier alpha value is 0.560. The third-order valence-corrected chi connectivity index (χ3v) is 4.76. The van der Waals surface area contributed by atoms with Gasteiger partial charge in [-0.05, 0) is 91.4 Å². The zero-order chi connectivity index (χ0) is 11.0. The van der Waals surface area contributed by atoms with Crippen LogP contribution < -0.4 is 0 Å². The van der Waals surface area contributed by atoms with Gasteiger partial charge in [0.05, 0.1) is 0 Å². The summed E-state index contributed by atoms with van der Waals surface area (Å²) >= 11 is 6.86. The first kappa shape index (κ1) is 12.0. The molecule has 76 valence electrons. The average Bonchev–Trinajstić information content (AvgIpc) is 2.17. The Morgan fingerprint density at radius 3 is 2.47 bits per heavy atom. The van der Waals surface area contributed by atoms with E-state index in [9.17, 15) is 4.79 Å². The van der Waals surface area contributed by atoms with E-state index in [-0.39, 0.29) is 0 Å². The highest BCUT2D eigenvalue weighted by Crippen LogP contribution is 2.29. The van der Waals surface area contributed by atoms with Crippen LogP contribution in [0.4, 0.5) is 0 Å². The molecule has 4 heteroatoms. The summed E-state index contributed by atoms with van der Waals surface area (Å²) < 4.78 is 3.46. The second-order valence-corrected chi connectivity index (χ2v) is 6.56. The molecule has 0 aliphatic rings. The summed E-state index contributed by atoms with van der Waals surface area (Å²) in [6.45, 7) is 0. The molecule has 2 aromatic rings. The smallest absolute Gasteiger partial charge is 0.151 e. The van der Waals surface area contributed by atoms with E-state index in [0.717, 1.165) is 15.4 Å². The predicted molar refractivity (Wildman–Crippen MR) is 87.5 cm³/mol. The van der Waals surface area contributed by atoms with E-state index in [1.807, 2.05) is 12.1 Å². The van der Waals surface area contributed by atoms with Crippen LogP contribution in [0.25, 0.3) is 10.8 Å². The zero-order valence-electron chi connectivity index (χ0n) is 7.43. The third kappa shape index (κ3) is 2.31. The van der Waals surface area contributed by atoms with Gasteiger partial charge in [0.1, 0.15) is 0 Å². The van der Waals surface area contributed by atoms with Gasteiger partial charge in [0.25, 0.3) is 0 Å². The van der Waals surface area contributed by atoms with E-state index in [4.69, 9.17) is 0 Å². The molecule has 0 atom stereocenters. The molecule has 15 heavy (non-hydrogen) atoms. The number of hydrogen-bond acceptors (Lipinski definition) is 1. The molecule has 1 nitrogen and oxygen atoms in total. The fraction of sp³-hybridized carbons (Fsp3) is 0. The summed E-state index contributed by atoms with van der Waals surface area (Å²) in [5.74, 6) is 0. The van der Waals surface area contributed by atoms with Crippen molar-refractivity contribution < 1.29 is 4.79 Å². The lowest BCUT2D eigenvalue weighted by molar-refractivity contribution is 0.112. The number of benzene rings is 2. The van der Waals surface area contributed by atoms with Crippen molar-refractivity contribution in [2.45, 2.75) is 0 Å². The summed E-state index contributed by atoms with van der Waals surface area (Å²) in [6.07, 6.45) is 0.912. The van der Waals surface area contributed by atoms with Gasteiger partial charge in [-0.25, -0.2) is 0 Å². The minimum absolute atomic E-state index is 0.766. The molecule has 0 spiro atoms. The quantitative estimate of drug-likeness (QED) is 0.391. The number of rotatable bonds is 1. The van der Waals surface area contributed by atoms with Crippen molar-refractivity contribution >= 4 is 84.8 Å². The molecule has 2 rings (SSSR count). The van der Waals surface area contributed by atoms with Gasteiger partial charge in [-0.3, -0.25) is 4.79 Å². The van der Waals surface area contributed by atoms with Crippen LogP contribution in [0.2, 0.25) is 0 Å².